The zero-order valence-corrected chi connectivity index (χ0v) is 10.5. The van der Waals surface area contributed by atoms with Gasteiger partial charge in [-0.3, -0.25) is 0 Å². The molecule has 15 heavy (non-hydrogen) atoms. The lowest BCUT2D eigenvalue weighted by Gasteiger charge is -2.48. The van der Waals surface area contributed by atoms with Gasteiger partial charge in [0.2, 0.25) is 0 Å². The van der Waals surface area contributed by atoms with Crippen molar-refractivity contribution in [1.82, 2.24) is 0 Å². The summed E-state index contributed by atoms with van der Waals surface area (Å²) in [5, 5.41) is 0. The van der Waals surface area contributed by atoms with Crippen molar-refractivity contribution in [1.29, 1.82) is 0 Å². The van der Waals surface area contributed by atoms with Gasteiger partial charge < -0.3 is 9.47 Å². The van der Waals surface area contributed by atoms with E-state index in [1.165, 1.54) is 12.8 Å². The molecule has 3 atom stereocenters. The standard InChI is InChI=1S/C13H24O2/c1-9-5-6-10(2)13(3,4)11(9)12-14-7-8-15-12/h9-12H,5-8H2,1-4H3/t9-,10-,11-/m1/s1. The Labute approximate surface area is 93.3 Å². The van der Waals surface area contributed by atoms with Crippen LogP contribution >= 0.6 is 0 Å². The van der Waals surface area contributed by atoms with Crippen molar-refractivity contribution in [2.75, 3.05) is 13.2 Å². The largest absolute Gasteiger partial charge is 0.350 e. The number of hydrogen-bond donors (Lipinski definition) is 0. The molecule has 1 saturated carbocycles. The zero-order valence-electron chi connectivity index (χ0n) is 10.5. The summed E-state index contributed by atoms with van der Waals surface area (Å²) in [4.78, 5) is 0. The van der Waals surface area contributed by atoms with Crippen molar-refractivity contribution in [2.24, 2.45) is 23.2 Å². The fourth-order valence-corrected chi connectivity index (χ4v) is 3.33. The molecule has 1 aliphatic carbocycles. The minimum atomic E-state index is 0.0535. The normalized spacial score (nSPS) is 42.0. The van der Waals surface area contributed by atoms with E-state index in [2.05, 4.69) is 27.7 Å². The van der Waals surface area contributed by atoms with Crippen molar-refractivity contribution >= 4 is 0 Å². The van der Waals surface area contributed by atoms with Gasteiger partial charge in [0.15, 0.2) is 6.29 Å². The maximum absolute atomic E-state index is 5.72. The van der Waals surface area contributed by atoms with Crippen LogP contribution in [-0.4, -0.2) is 19.5 Å². The van der Waals surface area contributed by atoms with Crippen LogP contribution in [0.4, 0.5) is 0 Å². The Kier molecular flexibility index (Phi) is 3.09. The van der Waals surface area contributed by atoms with E-state index in [1.54, 1.807) is 0 Å². The Morgan fingerprint density at radius 2 is 1.60 bits per heavy atom. The topological polar surface area (TPSA) is 18.5 Å². The van der Waals surface area contributed by atoms with Crippen molar-refractivity contribution < 1.29 is 9.47 Å². The van der Waals surface area contributed by atoms with Gasteiger partial charge in [-0.1, -0.05) is 27.7 Å². The first kappa shape index (κ1) is 11.4. The third kappa shape index (κ3) is 1.94. The van der Waals surface area contributed by atoms with Gasteiger partial charge in [-0.25, -0.2) is 0 Å². The van der Waals surface area contributed by atoms with Gasteiger partial charge in [-0.05, 0) is 30.1 Å². The third-order valence-electron chi connectivity index (χ3n) is 4.74. The molecule has 0 radical (unpaired) electrons. The smallest absolute Gasteiger partial charge is 0.161 e. The molecule has 0 unspecified atom stereocenters. The first-order valence-corrected chi connectivity index (χ1v) is 6.26. The highest BCUT2D eigenvalue weighted by atomic mass is 16.7. The summed E-state index contributed by atoms with van der Waals surface area (Å²) in [6, 6.07) is 0. The summed E-state index contributed by atoms with van der Waals surface area (Å²) >= 11 is 0. The molecule has 0 aromatic rings. The maximum Gasteiger partial charge on any atom is 0.161 e. The van der Waals surface area contributed by atoms with Crippen LogP contribution in [0.25, 0.3) is 0 Å². The van der Waals surface area contributed by atoms with Crippen molar-refractivity contribution in [3.8, 4) is 0 Å². The molecule has 0 aromatic heterocycles. The molecule has 1 heterocycles. The van der Waals surface area contributed by atoms with E-state index in [9.17, 15) is 0 Å². The van der Waals surface area contributed by atoms with E-state index in [1.807, 2.05) is 0 Å². The maximum atomic E-state index is 5.72. The van der Waals surface area contributed by atoms with Gasteiger partial charge in [0.25, 0.3) is 0 Å². The average molecular weight is 212 g/mol. The van der Waals surface area contributed by atoms with Crippen LogP contribution in [0.5, 0.6) is 0 Å². The molecular formula is C13H24O2. The number of ether oxygens (including phenoxy) is 2. The molecule has 2 rings (SSSR count). The van der Waals surface area contributed by atoms with E-state index in [-0.39, 0.29) is 6.29 Å². The zero-order chi connectivity index (χ0) is 11.1. The van der Waals surface area contributed by atoms with Gasteiger partial charge >= 0.3 is 0 Å². The van der Waals surface area contributed by atoms with E-state index < -0.39 is 0 Å². The first-order chi connectivity index (χ1) is 7.03. The second-order valence-corrected chi connectivity index (χ2v) is 5.91. The summed E-state index contributed by atoms with van der Waals surface area (Å²) in [7, 11) is 0. The second-order valence-electron chi connectivity index (χ2n) is 5.91. The Morgan fingerprint density at radius 3 is 2.20 bits per heavy atom. The predicted octanol–water partition coefficient (Wildman–Crippen LogP) is 3.07. The van der Waals surface area contributed by atoms with Crippen LogP contribution in [0.2, 0.25) is 0 Å². The van der Waals surface area contributed by atoms with Gasteiger partial charge in [-0.15, -0.1) is 0 Å². The molecule has 2 nitrogen and oxygen atoms in total. The van der Waals surface area contributed by atoms with Crippen molar-refractivity contribution in [2.45, 2.75) is 46.8 Å². The van der Waals surface area contributed by atoms with Crippen molar-refractivity contribution in [3.63, 3.8) is 0 Å². The van der Waals surface area contributed by atoms with Crippen LogP contribution in [-0.2, 0) is 9.47 Å². The molecule has 0 aromatic carbocycles. The monoisotopic (exact) mass is 212 g/mol. The Morgan fingerprint density at radius 1 is 1.00 bits per heavy atom. The van der Waals surface area contributed by atoms with E-state index in [4.69, 9.17) is 9.47 Å². The molecule has 2 heteroatoms. The van der Waals surface area contributed by atoms with Crippen LogP contribution in [0.15, 0.2) is 0 Å². The van der Waals surface area contributed by atoms with Gasteiger partial charge in [0.05, 0.1) is 13.2 Å². The lowest BCUT2D eigenvalue weighted by Crippen LogP contribution is -2.46. The van der Waals surface area contributed by atoms with E-state index >= 15 is 0 Å². The number of rotatable bonds is 1. The fourth-order valence-electron chi connectivity index (χ4n) is 3.33. The van der Waals surface area contributed by atoms with E-state index in [0.717, 1.165) is 25.0 Å². The Bertz CT molecular complexity index is 219. The SMILES string of the molecule is C[C@@H]1CC[C@@H](C)C(C)(C)[C@H]1C1OCCO1. The molecule has 0 N–H and O–H groups in total. The van der Waals surface area contributed by atoms with Gasteiger partial charge in [0.1, 0.15) is 0 Å². The van der Waals surface area contributed by atoms with E-state index in [0.29, 0.717) is 11.3 Å². The fraction of sp³-hybridized carbons (Fsp3) is 1.00. The minimum Gasteiger partial charge on any atom is -0.350 e. The lowest BCUT2D eigenvalue weighted by molar-refractivity contribution is -0.157. The molecule has 1 aliphatic heterocycles. The molecule has 2 fully saturated rings. The highest BCUT2D eigenvalue weighted by Gasteiger charge is 2.47. The minimum absolute atomic E-state index is 0.0535. The Hall–Kier alpha value is -0.0800. The van der Waals surface area contributed by atoms with Crippen molar-refractivity contribution in [3.05, 3.63) is 0 Å². The van der Waals surface area contributed by atoms with Crippen LogP contribution < -0.4 is 0 Å². The summed E-state index contributed by atoms with van der Waals surface area (Å²) in [5.74, 6) is 2.05. The Balaban J connectivity index is 2.16. The highest BCUT2D eigenvalue weighted by molar-refractivity contribution is 4.92. The molecular weight excluding hydrogens is 188 g/mol. The summed E-state index contributed by atoms with van der Waals surface area (Å²) < 4.78 is 11.4. The third-order valence-corrected chi connectivity index (χ3v) is 4.74. The molecule has 2 aliphatic rings. The summed E-state index contributed by atoms with van der Waals surface area (Å²) in [6.45, 7) is 11.0. The highest BCUT2D eigenvalue weighted by Crippen LogP contribution is 2.50. The molecule has 0 amide bonds. The molecule has 0 spiro atoms. The van der Waals surface area contributed by atoms with Gasteiger partial charge in [-0.2, -0.15) is 0 Å². The summed E-state index contributed by atoms with van der Waals surface area (Å²) in [5.41, 5.74) is 0.340. The van der Waals surface area contributed by atoms with Crippen LogP contribution in [0.3, 0.4) is 0 Å². The van der Waals surface area contributed by atoms with Gasteiger partial charge in [0, 0.05) is 5.92 Å². The summed E-state index contributed by atoms with van der Waals surface area (Å²) in [6.07, 6.45) is 2.72. The molecule has 0 bridgehead atoms. The quantitative estimate of drug-likeness (QED) is 0.665. The average Bonchev–Trinajstić information content (AvgIpc) is 2.65. The van der Waals surface area contributed by atoms with Crippen LogP contribution in [0.1, 0.15) is 40.5 Å². The number of hydrogen-bond acceptors (Lipinski definition) is 2. The van der Waals surface area contributed by atoms with Crippen LogP contribution in [0, 0.1) is 23.2 Å². The second kappa shape index (κ2) is 4.06. The molecule has 88 valence electrons. The lowest BCUT2D eigenvalue weighted by atomic mass is 9.59. The first-order valence-electron chi connectivity index (χ1n) is 6.26. The molecule has 1 saturated heterocycles. The predicted molar refractivity (Wildman–Crippen MR) is 60.5 cm³/mol.